The molecule has 7 heteroatoms. The van der Waals surface area contributed by atoms with Gasteiger partial charge in [0.15, 0.2) is 8.32 Å². The maximum atomic E-state index is 12.5. The van der Waals surface area contributed by atoms with E-state index in [4.69, 9.17) is 8.61 Å². The summed E-state index contributed by atoms with van der Waals surface area (Å²) in [7, 11) is -5.85. The Kier molecular flexibility index (Phi) is 6.40. The lowest BCUT2D eigenvalue weighted by molar-refractivity contribution is -0.00817. The van der Waals surface area contributed by atoms with Gasteiger partial charge in [0.1, 0.15) is 0 Å². The molecule has 0 radical (unpaired) electrons. The molecule has 0 aromatic heterocycles. The van der Waals surface area contributed by atoms with Crippen LogP contribution in [0.1, 0.15) is 45.6 Å². The molecule has 3 atom stereocenters. The number of benzene rings is 1. The fourth-order valence-electron chi connectivity index (χ4n) is 2.90. The Morgan fingerprint density at radius 2 is 1.58 bits per heavy atom. The molecule has 1 aliphatic carbocycles. The molecule has 0 unspecified atom stereocenters. The van der Waals surface area contributed by atoms with Crippen LogP contribution >= 0.6 is 0 Å². The molecule has 1 saturated carbocycles. The molecule has 5 nitrogen and oxygen atoms in total. The second-order valence-electron chi connectivity index (χ2n) is 8.85. The highest BCUT2D eigenvalue weighted by Gasteiger charge is 2.42. The Labute approximate surface area is 159 Å². The summed E-state index contributed by atoms with van der Waals surface area (Å²) in [6, 6.07) is 6.59. The van der Waals surface area contributed by atoms with Gasteiger partial charge < -0.3 is 9.53 Å². The lowest BCUT2D eigenvalue weighted by Gasteiger charge is -2.42. The molecule has 1 aromatic carbocycles. The van der Waals surface area contributed by atoms with E-state index in [9.17, 15) is 13.5 Å². The molecule has 0 spiro atoms. The summed E-state index contributed by atoms with van der Waals surface area (Å²) in [5, 5.41) is 10.3. The van der Waals surface area contributed by atoms with E-state index >= 15 is 0 Å². The highest BCUT2D eigenvalue weighted by Crippen LogP contribution is 2.39. The van der Waals surface area contributed by atoms with Gasteiger partial charge in [-0.2, -0.15) is 8.42 Å². The van der Waals surface area contributed by atoms with Crippen LogP contribution in [-0.2, 0) is 18.7 Å². The molecule has 0 aliphatic heterocycles. The molecule has 2 rings (SSSR count). The zero-order valence-corrected chi connectivity index (χ0v) is 18.5. The van der Waals surface area contributed by atoms with E-state index < -0.39 is 30.6 Å². The van der Waals surface area contributed by atoms with Crippen LogP contribution in [0.15, 0.2) is 29.2 Å². The van der Waals surface area contributed by atoms with Crippen LogP contribution in [0, 0.1) is 6.92 Å². The molecule has 0 bridgehead atoms. The van der Waals surface area contributed by atoms with Crippen LogP contribution in [0.4, 0.5) is 0 Å². The molecule has 1 fully saturated rings. The molecule has 1 N–H and O–H groups in total. The largest absolute Gasteiger partial charge is 0.414 e. The topological polar surface area (TPSA) is 72.8 Å². The standard InChI is InChI=1S/C19H32O5SSi/c1-14-7-9-18(10-8-14)25(21,22)23-16-11-15(20)12-17(13-16)24-26(5,6)19(2,3)4/h7-10,15-17,20H,11-13H2,1-6H3/t15-,16+,17-/m1/s1. The minimum atomic E-state index is -3.85. The fourth-order valence-corrected chi connectivity index (χ4v) is 5.37. The van der Waals surface area contributed by atoms with Crippen molar-refractivity contribution in [3.05, 3.63) is 29.8 Å². The van der Waals surface area contributed by atoms with Crippen molar-refractivity contribution < 1.29 is 22.1 Å². The maximum absolute atomic E-state index is 12.5. The first-order valence-electron chi connectivity index (χ1n) is 9.16. The monoisotopic (exact) mass is 400 g/mol. The Balaban J connectivity index is 2.09. The van der Waals surface area contributed by atoms with Gasteiger partial charge >= 0.3 is 0 Å². The van der Waals surface area contributed by atoms with E-state index in [0.717, 1.165) is 5.56 Å². The van der Waals surface area contributed by atoms with Crippen molar-refractivity contribution in [3.8, 4) is 0 Å². The highest BCUT2D eigenvalue weighted by molar-refractivity contribution is 7.86. The van der Waals surface area contributed by atoms with E-state index in [-0.39, 0.29) is 16.0 Å². The average Bonchev–Trinajstić information content (AvgIpc) is 2.44. The minimum Gasteiger partial charge on any atom is -0.414 e. The Morgan fingerprint density at radius 1 is 1.04 bits per heavy atom. The lowest BCUT2D eigenvalue weighted by atomic mass is 9.93. The van der Waals surface area contributed by atoms with Crippen LogP contribution in [0.3, 0.4) is 0 Å². The van der Waals surface area contributed by atoms with Crippen LogP contribution in [0.2, 0.25) is 18.1 Å². The summed E-state index contributed by atoms with van der Waals surface area (Å²) in [6.45, 7) is 12.7. The summed E-state index contributed by atoms with van der Waals surface area (Å²) in [6.07, 6.45) is -0.0527. The Morgan fingerprint density at radius 3 is 2.12 bits per heavy atom. The zero-order valence-electron chi connectivity index (χ0n) is 16.7. The van der Waals surface area contributed by atoms with Crippen molar-refractivity contribution in [3.63, 3.8) is 0 Å². The molecule has 1 aliphatic rings. The summed E-state index contributed by atoms with van der Waals surface area (Å²) < 4.78 is 36.9. The number of aliphatic hydroxyl groups is 1. The summed E-state index contributed by atoms with van der Waals surface area (Å²) >= 11 is 0. The lowest BCUT2D eigenvalue weighted by Crippen LogP contribution is -2.47. The van der Waals surface area contributed by atoms with E-state index in [1.807, 2.05) is 6.92 Å². The summed E-state index contributed by atoms with van der Waals surface area (Å²) in [5.41, 5.74) is 0.986. The molecule has 0 saturated heterocycles. The van der Waals surface area contributed by atoms with Crippen LogP contribution in [0.25, 0.3) is 0 Å². The van der Waals surface area contributed by atoms with Gasteiger partial charge in [-0.3, -0.25) is 4.18 Å². The Hall–Kier alpha value is -0.733. The third-order valence-electron chi connectivity index (χ3n) is 5.44. The summed E-state index contributed by atoms with van der Waals surface area (Å²) in [4.78, 5) is 0.144. The van der Waals surface area contributed by atoms with E-state index in [1.54, 1.807) is 24.3 Å². The van der Waals surface area contributed by atoms with Crippen molar-refractivity contribution in [1.29, 1.82) is 0 Å². The number of hydrogen-bond acceptors (Lipinski definition) is 5. The van der Waals surface area contributed by atoms with Gasteiger partial charge in [0.05, 0.1) is 23.2 Å². The smallest absolute Gasteiger partial charge is 0.297 e. The predicted molar refractivity (Wildman–Crippen MR) is 105 cm³/mol. The predicted octanol–water partition coefficient (Wildman–Crippen LogP) is 4.00. The third kappa shape index (κ3) is 5.39. The number of aryl methyl sites for hydroxylation is 1. The van der Waals surface area contributed by atoms with E-state index in [1.165, 1.54) is 0 Å². The molecule has 0 amide bonds. The van der Waals surface area contributed by atoms with E-state index in [2.05, 4.69) is 33.9 Å². The van der Waals surface area contributed by atoms with Crippen molar-refractivity contribution in [1.82, 2.24) is 0 Å². The van der Waals surface area contributed by atoms with Crippen molar-refractivity contribution in [2.24, 2.45) is 0 Å². The van der Waals surface area contributed by atoms with Crippen molar-refractivity contribution in [2.75, 3.05) is 0 Å². The number of aliphatic hydroxyl groups excluding tert-OH is 1. The molecule has 26 heavy (non-hydrogen) atoms. The fraction of sp³-hybridized carbons (Fsp3) is 0.684. The van der Waals surface area contributed by atoms with Crippen LogP contribution < -0.4 is 0 Å². The van der Waals surface area contributed by atoms with Crippen molar-refractivity contribution >= 4 is 18.4 Å². The SMILES string of the molecule is Cc1ccc(S(=O)(=O)O[C@H]2C[C@@H](O)C[C@@H](O[Si](C)(C)C(C)(C)C)C2)cc1. The zero-order chi connectivity index (χ0) is 19.8. The first-order valence-corrected chi connectivity index (χ1v) is 13.5. The van der Waals surface area contributed by atoms with Crippen LogP contribution in [-0.4, -0.2) is 40.2 Å². The van der Waals surface area contributed by atoms with Crippen molar-refractivity contribution in [2.45, 2.75) is 88.3 Å². The molecule has 148 valence electrons. The van der Waals surface area contributed by atoms with Gasteiger partial charge in [-0.05, 0) is 43.6 Å². The van der Waals surface area contributed by atoms with Gasteiger partial charge in [-0.15, -0.1) is 0 Å². The minimum absolute atomic E-state index is 0.0553. The van der Waals surface area contributed by atoms with Gasteiger partial charge in [0, 0.05) is 12.8 Å². The molecular weight excluding hydrogens is 368 g/mol. The Bertz CT molecular complexity index is 706. The molecule has 1 aromatic rings. The number of hydrogen-bond donors (Lipinski definition) is 1. The van der Waals surface area contributed by atoms with Gasteiger partial charge in [0.2, 0.25) is 0 Å². The summed E-state index contributed by atoms with van der Waals surface area (Å²) in [5.74, 6) is 0. The van der Waals surface area contributed by atoms with E-state index in [0.29, 0.717) is 19.3 Å². The third-order valence-corrected chi connectivity index (χ3v) is 11.3. The van der Waals surface area contributed by atoms with Crippen LogP contribution in [0.5, 0.6) is 0 Å². The average molecular weight is 401 g/mol. The number of rotatable bonds is 5. The molecule has 0 heterocycles. The normalized spacial score (nSPS) is 25.3. The van der Waals surface area contributed by atoms with Gasteiger partial charge in [-0.1, -0.05) is 38.5 Å². The second kappa shape index (κ2) is 7.71. The molecular formula is C19H32O5SSi. The first-order chi connectivity index (χ1) is 11.8. The quantitative estimate of drug-likeness (QED) is 0.597. The van der Waals surface area contributed by atoms with Gasteiger partial charge in [-0.25, -0.2) is 0 Å². The highest BCUT2D eigenvalue weighted by atomic mass is 32.2. The van der Waals surface area contributed by atoms with Gasteiger partial charge in [0.25, 0.3) is 10.1 Å². The second-order valence-corrected chi connectivity index (χ2v) is 15.2. The maximum Gasteiger partial charge on any atom is 0.297 e. The first kappa shape index (κ1) is 21.6.